The zero-order chi connectivity index (χ0) is 15.3. The Morgan fingerprint density at radius 1 is 1.30 bits per heavy atom. The van der Waals surface area contributed by atoms with E-state index in [1.165, 1.54) is 4.72 Å². The van der Waals surface area contributed by atoms with Crippen molar-refractivity contribution in [2.24, 2.45) is 0 Å². The monoisotopic (exact) mass is 343 g/mol. The van der Waals surface area contributed by atoms with Crippen LogP contribution in [0.15, 0.2) is 0 Å². The van der Waals surface area contributed by atoms with Crippen molar-refractivity contribution in [3.05, 3.63) is 10.6 Å². The Morgan fingerprint density at radius 3 is 2.30 bits per heavy atom. The Hall–Kier alpha value is -1.23. The Bertz CT molecular complexity index is 576. The minimum absolute atomic E-state index is 0.106. The number of hydrogen-bond donors (Lipinski definition) is 2. The molecule has 0 fully saturated rings. The number of halogens is 2. The van der Waals surface area contributed by atoms with Gasteiger partial charge in [-0.2, -0.15) is 23.4 Å². The number of hydrogen-bond acceptors (Lipinski definition) is 6. The molecular weight excluding hydrogens is 333 g/mol. The normalized spacial score (nSPS) is 11.2. The highest BCUT2D eigenvalue weighted by Crippen LogP contribution is 2.15. The van der Waals surface area contributed by atoms with Gasteiger partial charge in [0, 0.05) is 6.54 Å². The number of nitrogens with zero attached hydrogens (tertiary/aromatic N) is 4. The molecule has 1 heterocycles. The number of rotatable bonds is 5. The molecule has 1 aromatic heterocycles. The number of carbonyl (C=O) groups is 1. The Morgan fingerprint density at radius 2 is 1.85 bits per heavy atom. The molecule has 12 heteroatoms. The van der Waals surface area contributed by atoms with E-state index in [0.29, 0.717) is 6.42 Å². The molecule has 0 aliphatic rings. The first kappa shape index (κ1) is 16.8. The van der Waals surface area contributed by atoms with Crippen LogP contribution in [0.4, 0.5) is 10.7 Å². The van der Waals surface area contributed by atoms with Crippen LogP contribution in [0.5, 0.6) is 0 Å². The molecule has 2 amide bonds. The van der Waals surface area contributed by atoms with E-state index in [1.54, 1.807) is 0 Å². The van der Waals surface area contributed by atoms with Crippen molar-refractivity contribution in [2.45, 2.75) is 19.8 Å². The van der Waals surface area contributed by atoms with Crippen molar-refractivity contribution in [3.8, 4) is 0 Å². The van der Waals surface area contributed by atoms with Crippen LogP contribution in [0, 0.1) is 0 Å². The maximum atomic E-state index is 11.8. The van der Waals surface area contributed by atoms with Crippen LogP contribution in [0.2, 0.25) is 10.6 Å². The average Bonchev–Trinajstić information content (AvgIpc) is 2.25. The molecule has 0 atom stereocenters. The summed E-state index contributed by atoms with van der Waals surface area (Å²) in [5, 5.41) is -0.498. The van der Waals surface area contributed by atoms with E-state index in [-0.39, 0.29) is 23.1 Å². The minimum atomic E-state index is -4.70. The predicted octanol–water partition coefficient (Wildman–Crippen LogP) is 1.30. The molecule has 0 unspecified atom stereocenters. The average molecular weight is 344 g/mol. The van der Waals surface area contributed by atoms with Gasteiger partial charge in [-0.25, -0.2) is 9.52 Å². The SMILES string of the molecule is CCCCN(C(=O)NS(=O)(=O)O)c1nc(Cl)nc(Cl)n1. The van der Waals surface area contributed by atoms with E-state index in [1.807, 2.05) is 6.92 Å². The Labute approximate surface area is 125 Å². The highest BCUT2D eigenvalue weighted by atomic mass is 35.5. The van der Waals surface area contributed by atoms with Crippen LogP contribution in [-0.4, -0.2) is 40.5 Å². The summed E-state index contributed by atoms with van der Waals surface area (Å²) in [6.45, 7) is 1.97. The lowest BCUT2D eigenvalue weighted by Crippen LogP contribution is -2.44. The standard InChI is InChI=1S/C8H11Cl2N5O4S/c1-2-3-4-15(8(16)14-20(17,18)19)7-12-5(9)11-6(10)13-7/h2-4H2,1H3,(H,14,16)(H,17,18,19). The second kappa shape index (κ2) is 6.97. The zero-order valence-electron chi connectivity index (χ0n) is 10.2. The predicted molar refractivity (Wildman–Crippen MR) is 72.2 cm³/mol. The molecule has 0 radical (unpaired) electrons. The van der Waals surface area contributed by atoms with Crippen LogP contribution in [0.1, 0.15) is 19.8 Å². The van der Waals surface area contributed by atoms with Crippen molar-refractivity contribution >= 4 is 45.5 Å². The molecule has 112 valence electrons. The first-order valence-electron chi connectivity index (χ1n) is 5.36. The number of anilines is 1. The summed E-state index contributed by atoms with van der Waals surface area (Å²) in [5.74, 6) is -0.218. The summed E-state index contributed by atoms with van der Waals surface area (Å²) >= 11 is 11.2. The van der Waals surface area contributed by atoms with Gasteiger partial charge in [0.1, 0.15) is 0 Å². The van der Waals surface area contributed by atoms with Crippen molar-refractivity contribution in [3.63, 3.8) is 0 Å². The van der Waals surface area contributed by atoms with E-state index >= 15 is 0 Å². The molecule has 20 heavy (non-hydrogen) atoms. The van der Waals surface area contributed by atoms with Gasteiger partial charge in [0.05, 0.1) is 0 Å². The minimum Gasteiger partial charge on any atom is -0.269 e. The van der Waals surface area contributed by atoms with Gasteiger partial charge in [0.15, 0.2) is 0 Å². The third-order valence-corrected chi connectivity index (χ3v) is 2.78. The van der Waals surface area contributed by atoms with Gasteiger partial charge in [-0.3, -0.25) is 9.45 Å². The summed E-state index contributed by atoms with van der Waals surface area (Å²) in [4.78, 5) is 23.5. The molecule has 1 aromatic rings. The van der Waals surface area contributed by atoms with E-state index in [2.05, 4.69) is 15.0 Å². The molecule has 0 bridgehead atoms. The van der Waals surface area contributed by atoms with Crippen molar-refractivity contribution in [1.29, 1.82) is 0 Å². The second-order valence-corrected chi connectivity index (χ2v) is 5.39. The van der Waals surface area contributed by atoms with Crippen LogP contribution in [-0.2, 0) is 10.3 Å². The number of nitrogens with one attached hydrogen (secondary N) is 1. The highest BCUT2D eigenvalue weighted by Gasteiger charge is 2.22. The van der Waals surface area contributed by atoms with Crippen LogP contribution < -0.4 is 9.62 Å². The number of aromatic nitrogens is 3. The molecular formula is C8H11Cl2N5O4S. The van der Waals surface area contributed by atoms with Gasteiger partial charge in [-0.15, -0.1) is 0 Å². The lowest BCUT2D eigenvalue weighted by Gasteiger charge is -2.19. The van der Waals surface area contributed by atoms with Gasteiger partial charge in [0.2, 0.25) is 16.5 Å². The van der Waals surface area contributed by atoms with Crippen LogP contribution >= 0.6 is 23.2 Å². The quantitative estimate of drug-likeness (QED) is 0.771. The number of urea groups is 1. The maximum absolute atomic E-state index is 11.8. The zero-order valence-corrected chi connectivity index (χ0v) is 12.6. The highest BCUT2D eigenvalue weighted by molar-refractivity contribution is 7.84. The van der Waals surface area contributed by atoms with Crippen molar-refractivity contribution in [1.82, 2.24) is 19.7 Å². The smallest absolute Gasteiger partial charge is 0.269 e. The second-order valence-electron chi connectivity index (χ2n) is 3.56. The number of amides is 2. The lowest BCUT2D eigenvalue weighted by molar-refractivity contribution is 0.249. The molecule has 9 nitrogen and oxygen atoms in total. The molecule has 0 spiro atoms. The maximum Gasteiger partial charge on any atom is 0.361 e. The Balaban J connectivity index is 3.07. The van der Waals surface area contributed by atoms with Crippen molar-refractivity contribution in [2.75, 3.05) is 11.4 Å². The summed E-state index contributed by atoms with van der Waals surface area (Å²) in [6.07, 6.45) is 1.27. The molecule has 2 N–H and O–H groups in total. The fraction of sp³-hybridized carbons (Fsp3) is 0.500. The first-order chi connectivity index (χ1) is 9.23. The van der Waals surface area contributed by atoms with Crippen LogP contribution in [0.3, 0.4) is 0 Å². The van der Waals surface area contributed by atoms with Gasteiger partial charge in [-0.1, -0.05) is 13.3 Å². The fourth-order valence-electron chi connectivity index (χ4n) is 1.21. The molecule has 0 aliphatic heterocycles. The molecule has 0 aliphatic carbocycles. The molecule has 0 aromatic carbocycles. The summed E-state index contributed by atoms with van der Waals surface area (Å²) in [6, 6.07) is -1.13. The largest absolute Gasteiger partial charge is 0.361 e. The third kappa shape index (κ3) is 5.41. The first-order valence-corrected chi connectivity index (χ1v) is 7.56. The van der Waals surface area contributed by atoms with E-state index in [4.69, 9.17) is 27.8 Å². The van der Waals surface area contributed by atoms with E-state index in [9.17, 15) is 13.2 Å². The Kier molecular flexibility index (Phi) is 5.87. The topological polar surface area (TPSA) is 125 Å². The third-order valence-electron chi connectivity index (χ3n) is 2.01. The van der Waals surface area contributed by atoms with Gasteiger partial charge in [-0.05, 0) is 29.6 Å². The van der Waals surface area contributed by atoms with Gasteiger partial charge in [0.25, 0.3) is 0 Å². The molecule has 1 rings (SSSR count). The summed E-state index contributed by atoms with van der Waals surface area (Å²) < 4.78 is 31.4. The summed E-state index contributed by atoms with van der Waals surface area (Å²) in [5.41, 5.74) is 0. The fourth-order valence-corrected chi connectivity index (χ4v) is 1.90. The van der Waals surface area contributed by atoms with Gasteiger partial charge < -0.3 is 0 Å². The number of unbranched alkanes of at least 4 members (excludes halogenated alkanes) is 1. The molecule has 0 saturated carbocycles. The molecule has 0 saturated heterocycles. The lowest BCUT2D eigenvalue weighted by atomic mass is 10.3. The van der Waals surface area contributed by atoms with Gasteiger partial charge >= 0.3 is 16.3 Å². The van der Waals surface area contributed by atoms with Crippen LogP contribution in [0.25, 0.3) is 0 Å². The summed E-state index contributed by atoms with van der Waals surface area (Å²) in [7, 11) is -4.70. The van der Waals surface area contributed by atoms with E-state index in [0.717, 1.165) is 11.3 Å². The number of carbonyl (C=O) groups excluding carboxylic acids is 1. The van der Waals surface area contributed by atoms with E-state index < -0.39 is 16.3 Å². The van der Waals surface area contributed by atoms with Crippen molar-refractivity contribution < 1.29 is 17.8 Å².